The average molecular weight is 327 g/mol. The maximum Gasteiger partial charge on any atom is 0.317 e. The lowest BCUT2D eigenvalue weighted by Crippen LogP contribution is -2.40. The van der Waals surface area contributed by atoms with Gasteiger partial charge in [-0.2, -0.15) is 0 Å². The molecule has 0 aromatic carbocycles. The van der Waals surface area contributed by atoms with E-state index >= 15 is 0 Å². The summed E-state index contributed by atoms with van der Waals surface area (Å²) in [6.45, 7) is 3.86. The van der Waals surface area contributed by atoms with Crippen LogP contribution in [0, 0.1) is 13.8 Å². The number of nitrogens with one attached hydrogen (secondary N) is 1. The van der Waals surface area contributed by atoms with Gasteiger partial charge in [0.1, 0.15) is 11.8 Å². The molecule has 1 saturated carbocycles. The molecule has 1 N–H and O–H groups in total. The van der Waals surface area contributed by atoms with Crippen molar-refractivity contribution in [3.05, 3.63) is 41.7 Å². The number of amides is 1. The first-order chi connectivity index (χ1) is 11.6. The molecule has 0 aliphatic heterocycles. The molecule has 7 heteroatoms. The number of rotatable bonds is 4. The highest BCUT2D eigenvalue weighted by molar-refractivity contribution is 5.92. The van der Waals surface area contributed by atoms with Crippen LogP contribution >= 0.6 is 0 Å². The van der Waals surface area contributed by atoms with Gasteiger partial charge in [-0.3, -0.25) is 9.78 Å². The number of hydrogen-bond acceptors (Lipinski definition) is 6. The molecule has 24 heavy (non-hydrogen) atoms. The first-order valence-electron chi connectivity index (χ1n) is 8.16. The van der Waals surface area contributed by atoms with Crippen LogP contribution < -0.4 is 10.1 Å². The number of nitrogens with zero attached hydrogens (tertiary/aromatic N) is 4. The van der Waals surface area contributed by atoms with Crippen LogP contribution in [0.2, 0.25) is 0 Å². The van der Waals surface area contributed by atoms with E-state index in [2.05, 4.69) is 25.3 Å². The minimum absolute atomic E-state index is 0.0934. The van der Waals surface area contributed by atoms with Gasteiger partial charge >= 0.3 is 6.01 Å². The Labute approximate surface area is 140 Å². The average Bonchev–Trinajstić information content (AvgIpc) is 2.56. The second-order valence-electron chi connectivity index (χ2n) is 6.09. The SMILES string of the molecule is Cc1cc(C)nc(OC2CCC(NC(=O)c3cnccn3)CC2)n1. The van der Waals surface area contributed by atoms with Crippen LogP contribution in [-0.2, 0) is 0 Å². The molecule has 1 amide bonds. The molecule has 2 heterocycles. The van der Waals surface area contributed by atoms with Crippen molar-refractivity contribution in [3.8, 4) is 6.01 Å². The molecular weight excluding hydrogens is 306 g/mol. The monoisotopic (exact) mass is 327 g/mol. The van der Waals surface area contributed by atoms with Gasteiger partial charge in [0.2, 0.25) is 0 Å². The lowest BCUT2D eigenvalue weighted by molar-refractivity contribution is 0.0879. The lowest BCUT2D eigenvalue weighted by atomic mass is 9.93. The van der Waals surface area contributed by atoms with Crippen molar-refractivity contribution in [1.29, 1.82) is 0 Å². The third-order valence-corrected chi connectivity index (χ3v) is 4.04. The van der Waals surface area contributed by atoms with Gasteiger partial charge in [-0.25, -0.2) is 15.0 Å². The summed E-state index contributed by atoms with van der Waals surface area (Å²) < 4.78 is 5.90. The highest BCUT2D eigenvalue weighted by Gasteiger charge is 2.25. The molecule has 7 nitrogen and oxygen atoms in total. The Hall–Kier alpha value is -2.57. The molecule has 0 unspecified atom stereocenters. The molecular formula is C17H21N5O2. The van der Waals surface area contributed by atoms with Crippen LogP contribution in [-0.4, -0.2) is 38.0 Å². The summed E-state index contributed by atoms with van der Waals surface area (Å²) >= 11 is 0. The van der Waals surface area contributed by atoms with E-state index in [0.717, 1.165) is 37.1 Å². The summed E-state index contributed by atoms with van der Waals surface area (Å²) in [5.74, 6) is -0.176. The first kappa shape index (κ1) is 16.3. The van der Waals surface area contributed by atoms with Crippen LogP contribution in [0.3, 0.4) is 0 Å². The Morgan fingerprint density at radius 3 is 2.46 bits per heavy atom. The second-order valence-corrected chi connectivity index (χ2v) is 6.09. The Morgan fingerprint density at radius 2 is 1.83 bits per heavy atom. The molecule has 0 radical (unpaired) electrons. The van der Waals surface area contributed by atoms with E-state index in [1.54, 1.807) is 6.20 Å². The topological polar surface area (TPSA) is 89.9 Å². The van der Waals surface area contributed by atoms with Crippen molar-refractivity contribution < 1.29 is 9.53 Å². The van der Waals surface area contributed by atoms with Crippen molar-refractivity contribution >= 4 is 5.91 Å². The highest BCUT2D eigenvalue weighted by atomic mass is 16.5. The maximum absolute atomic E-state index is 12.1. The number of aryl methyl sites for hydroxylation is 2. The summed E-state index contributed by atoms with van der Waals surface area (Å²) in [5.41, 5.74) is 2.16. The maximum atomic E-state index is 12.1. The van der Waals surface area contributed by atoms with E-state index in [1.165, 1.54) is 12.4 Å². The fraction of sp³-hybridized carbons (Fsp3) is 0.471. The van der Waals surface area contributed by atoms with Gasteiger partial charge in [-0.05, 0) is 45.6 Å². The molecule has 1 aliphatic carbocycles. The van der Waals surface area contributed by atoms with Crippen molar-refractivity contribution in [2.75, 3.05) is 0 Å². The Bertz CT molecular complexity index is 679. The summed E-state index contributed by atoms with van der Waals surface area (Å²) in [6.07, 6.45) is 8.09. The van der Waals surface area contributed by atoms with Crippen LogP contribution in [0.4, 0.5) is 0 Å². The molecule has 3 rings (SSSR count). The molecule has 2 aromatic rings. The normalized spacial score (nSPS) is 20.4. The summed E-state index contributed by atoms with van der Waals surface area (Å²) in [6, 6.07) is 2.50. The van der Waals surface area contributed by atoms with Gasteiger partial charge < -0.3 is 10.1 Å². The number of carbonyl (C=O) groups is 1. The highest BCUT2D eigenvalue weighted by Crippen LogP contribution is 2.22. The molecule has 1 aliphatic rings. The molecule has 0 atom stereocenters. The Morgan fingerprint density at radius 1 is 1.12 bits per heavy atom. The quantitative estimate of drug-likeness (QED) is 0.924. The van der Waals surface area contributed by atoms with Crippen molar-refractivity contribution in [1.82, 2.24) is 25.3 Å². The minimum Gasteiger partial charge on any atom is -0.460 e. The molecule has 2 aromatic heterocycles. The fourth-order valence-electron chi connectivity index (χ4n) is 2.90. The van der Waals surface area contributed by atoms with Crippen molar-refractivity contribution in [3.63, 3.8) is 0 Å². The number of hydrogen-bond donors (Lipinski definition) is 1. The van der Waals surface area contributed by atoms with E-state index in [0.29, 0.717) is 11.7 Å². The van der Waals surface area contributed by atoms with Crippen LogP contribution in [0.1, 0.15) is 47.6 Å². The van der Waals surface area contributed by atoms with E-state index in [9.17, 15) is 4.79 Å². The zero-order valence-electron chi connectivity index (χ0n) is 13.9. The predicted octanol–water partition coefficient (Wildman–Crippen LogP) is 2.00. The van der Waals surface area contributed by atoms with E-state index < -0.39 is 0 Å². The fourth-order valence-corrected chi connectivity index (χ4v) is 2.90. The third-order valence-electron chi connectivity index (χ3n) is 4.04. The number of aromatic nitrogens is 4. The van der Waals surface area contributed by atoms with Crippen LogP contribution in [0.5, 0.6) is 6.01 Å². The van der Waals surface area contributed by atoms with Gasteiger partial charge in [0.25, 0.3) is 5.91 Å². The van der Waals surface area contributed by atoms with E-state index in [4.69, 9.17) is 4.74 Å². The van der Waals surface area contributed by atoms with Gasteiger partial charge in [0, 0.05) is 29.8 Å². The molecule has 0 saturated heterocycles. The standard InChI is InChI=1S/C17H21N5O2/c1-11-9-12(2)21-17(20-11)24-14-5-3-13(4-6-14)22-16(23)15-10-18-7-8-19-15/h7-10,13-14H,3-6H2,1-2H3,(H,22,23). The zero-order valence-corrected chi connectivity index (χ0v) is 13.9. The largest absolute Gasteiger partial charge is 0.460 e. The summed E-state index contributed by atoms with van der Waals surface area (Å²) in [7, 11) is 0. The van der Waals surface area contributed by atoms with Crippen LogP contribution in [0.15, 0.2) is 24.7 Å². The zero-order chi connectivity index (χ0) is 16.9. The van der Waals surface area contributed by atoms with E-state index in [-0.39, 0.29) is 18.1 Å². The lowest BCUT2D eigenvalue weighted by Gasteiger charge is -2.28. The Kier molecular flexibility index (Phi) is 4.98. The smallest absolute Gasteiger partial charge is 0.317 e. The van der Waals surface area contributed by atoms with Gasteiger partial charge in [-0.1, -0.05) is 0 Å². The predicted molar refractivity (Wildman–Crippen MR) is 87.7 cm³/mol. The number of carbonyl (C=O) groups excluding carboxylic acids is 1. The van der Waals surface area contributed by atoms with Gasteiger partial charge in [-0.15, -0.1) is 0 Å². The second kappa shape index (κ2) is 7.33. The molecule has 1 fully saturated rings. The number of ether oxygens (including phenoxy) is 1. The van der Waals surface area contributed by atoms with Crippen LogP contribution in [0.25, 0.3) is 0 Å². The first-order valence-corrected chi connectivity index (χ1v) is 8.16. The van der Waals surface area contributed by atoms with Crippen molar-refractivity contribution in [2.45, 2.75) is 51.7 Å². The van der Waals surface area contributed by atoms with E-state index in [1.807, 2.05) is 19.9 Å². The van der Waals surface area contributed by atoms with Gasteiger partial charge in [0.05, 0.1) is 6.20 Å². The van der Waals surface area contributed by atoms with Gasteiger partial charge in [0.15, 0.2) is 0 Å². The third kappa shape index (κ3) is 4.24. The minimum atomic E-state index is -0.176. The molecule has 0 spiro atoms. The Balaban J connectivity index is 1.50. The summed E-state index contributed by atoms with van der Waals surface area (Å²) in [4.78, 5) is 28.7. The summed E-state index contributed by atoms with van der Waals surface area (Å²) in [5, 5.41) is 3.01. The van der Waals surface area contributed by atoms with Crippen molar-refractivity contribution in [2.24, 2.45) is 0 Å². The molecule has 0 bridgehead atoms. The molecule has 126 valence electrons.